The highest BCUT2D eigenvalue weighted by Crippen LogP contribution is 2.41. The highest BCUT2D eigenvalue weighted by atomic mass is 16.6. The van der Waals surface area contributed by atoms with Crippen molar-refractivity contribution in [2.75, 3.05) is 20.8 Å². The summed E-state index contributed by atoms with van der Waals surface area (Å²) in [5, 5.41) is 12.1. The predicted molar refractivity (Wildman–Crippen MR) is 135 cm³/mol. The summed E-state index contributed by atoms with van der Waals surface area (Å²) in [6.07, 6.45) is -0.698. The zero-order chi connectivity index (χ0) is 27.1. The number of rotatable bonds is 6. The van der Waals surface area contributed by atoms with E-state index in [0.29, 0.717) is 27.8 Å². The Labute approximate surface area is 216 Å². The molecule has 3 aromatic carbocycles. The average molecular weight is 517 g/mol. The summed E-state index contributed by atoms with van der Waals surface area (Å²) in [4.78, 5) is 50.9. The molecule has 1 aliphatic carbocycles. The largest absolute Gasteiger partial charge is 0.496 e. The zero-order valence-electron chi connectivity index (χ0n) is 20.8. The summed E-state index contributed by atoms with van der Waals surface area (Å²) in [5.74, 6) is -1.66. The SMILES string of the molecule is COc1ccc(OC)c2cc3c(cc12)C(=O)C1=C(C3=O)[C@@H](C)OC[C@@H]1C(=O)OCc1ccc([N+](=O)[O-])cc1. The van der Waals surface area contributed by atoms with Crippen molar-refractivity contribution < 1.29 is 38.3 Å². The smallest absolute Gasteiger partial charge is 0.316 e. The Bertz CT molecular complexity index is 1540. The predicted octanol–water partition coefficient (Wildman–Crippen LogP) is 4.22. The minimum atomic E-state index is -1.10. The molecule has 0 bridgehead atoms. The first-order chi connectivity index (χ1) is 18.2. The van der Waals surface area contributed by atoms with E-state index in [1.165, 1.54) is 38.5 Å². The number of nitro benzene ring substituents is 1. The van der Waals surface area contributed by atoms with E-state index >= 15 is 0 Å². The lowest BCUT2D eigenvalue weighted by atomic mass is 9.75. The minimum absolute atomic E-state index is 0.0659. The summed E-state index contributed by atoms with van der Waals surface area (Å²) in [6, 6.07) is 12.2. The number of ketones is 2. The van der Waals surface area contributed by atoms with Crippen molar-refractivity contribution in [1.29, 1.82) is 0 Å². The number of Topliss-reactive ketones (excluding diaryl/α,β-unsaturated/α-hetero) is 2. The molecular formula is C28H23NO9. The molecule has 0 amide bonds. The lowest BCUT2D eigenvalue weighted by Crippen LogP contribution is -2.41. The second kappa shape index (κ2) is 9.71. The molecule has 0 unspecified atom stereocenters. The maximum Gasteiger partial charge on any atom is 0.316 e. The van der Waals surface area contributed by atoms with Crippen molar-refractivity contribution in [2.45, 2.75) is 19.6 Å². The van der Waals surface area contributed by atoms with Crippen molar-refractivity contribution in [3.63, 3.8) is 0 Å². The van der Waals surface area contributed by atoms with Crippen LogP contribution in [0.1, 0.15) is 33.2 Å². The van der Waals surface area contributed by atoms with Gasteiger partial charge < -0.3 is 18.9 Å². The Balaban J connectivity index is 1.51. The molecule has 10 heteroatoms. The van der Waals surface area contributed by atoms with Gasteiger partial charge in [-0.3, -0.25) is 24.5 Å². The standard InChI is InChI=1S/C28H23NO9/c1-14-24-25(21(13-37-14)28(32)38-12-15-4-6-16(7-5-15)29(33)34)27(31)20-11-18-17(10-19(20)26(24)30)22(35-2)8-9-23(18)36-3/h4-11,14,21H,12-13H2,1-3H3/t14-,21+/m1/s1. The number of non-ortho nitro benzene ring substituents is 1. The molecule has 5 rings (SSSR count). The first-order valence-electron chi connectivity index (χ1n) is 11.8. The normalized spacial score (nSPS) is 18.6. The van der Waals surface area contributed by atoms with Crippen LogP contribution in [0.4, 0.5) is 5.69 Å². The molecule has 0 spiro atoms. The van der Waals surface area contributed by atoms with Gasteiger partial charge in [-0.05, 0) is 48.9 Å². The molecule has 38 heavy (non-hydrogen) atoms. The van der Waals surface area contributed by atoms with Gasteiger partial charge in [0.25, 0.3) is 5.69 Å². The molecule has 10 nitrogen and oxygen atoms in total. The Morgan fingerprint density at radius 1 is 0.947 bits per heavy atom. The van der Waals surface area contributed by atoms with Crippen LogP contribution < -0.4 is 9.47 Å². The third-order valence-corrected chi connectivity index (χ3v) is 6.86. The first-order valence-corrected chi connectivity index (χ1v) is 11.8. The molecule has 2 aliphatic rings. The molecule has 0 fully saturated rings. The third kappa shape index (κ3) is 4.08. The Kier molecular flexibility index (Phi) is 6.41. The van der Waals surface area contributed by atoms with Gasteiger partial charge in [-0.15, -0.1) is 0 Å². The van der Waals surface area contributed by atoms with E-state index < -0.39 is 34.5 Å². The van der Waals surface area contributed by atoms with E-state index in [9.17, 15) is 24.5 Å². The van der Waals surface area contributed by atoms with E-state index in [1.54, 1.807) is 31.2 Å². The van der Waals surface area contributed by atoms with Crippen molar-refractivity contribution in [3.8, 4) is 11.5 Å². The van der Waals surface area contributed by atoms with Crippen LogP contribution in [0.25, 0.3) is 10.8 Å². The molecule has 3 aromatic rings. The molecule has 1 aliphatic heterocycles. The summed E-state index contributed by atoms with van der Waals surface area (Å²) >= 11 is 0. The molecule has 0 saturated carbocycles. The van der Waals surface area contributed by atoms with E-state index in [1.807, 2.05) is 0 Å². The number of nitrogens with zero attached hydrogens (tertiary/aromatic N) is 1. The van der Waals surface area contributed by atoms with Gasteiger partial charge in [-0.25, -0.2) is 0 Å². The number of ether oxygens (including phenoxy) is 4. The number of hydrogen-bond acceptors (Lipinski definition) is 9. The summed E-state index contributed by atoms with van der Waals surface area (Å²) in [6.45, 7) is 1.37. The van der Waals surface area contributed by atoms with Crippen molar-refractivity contribution in [1.82, 2.24) is 0 Å². The van der Waals surface area contributed by atoms with Crippen molar-refractivity contribution >= 4 is 34.0 Å². The van der Waals surface area contributed by atoms with Crippen LogP contribution in [0.5, 0.6) is 11.5 Å². The number of methoxy groups -OCH3 is 2. The van der Waals surface area contributed by atoms with E-state index in [2.05, 4.69) is 0 Å². The molecule has 0 saturated heterocycles. The number of nitro groups is 1. The minimum Gasteiger partial charge on any atom is -0.496 e. The van der Waals surface area contributed by atoms with Crippen molar-refractivity contribution in [3.05, 3.63) is 86.5 Å². The quantitative estimate of drug-likeness (QED) is 0.268. The number of benzene rings is 3. The van der Waals surface area contributed by atoms with Crippen LogP contribution in [-0.2, 0) is 20.9 Å². The summed E-state index contributed by atoms with van der Waals surface area (Å²) < 4.78 is 22.1. The Hall–Kier alpha value is -4.57. The maximum atomic E-state index is 13.8. The fourth-order valence-corrected chi connectivity index (χ4v) is 4.92. The molecule has 2 atom stereocenters. The van der Waals surface area contributed by atoms with Gasteiger partial charge in [0.2, 0.25) is 0 Å². The van der Waals surface area contributed by atoms with Crippen LogP contribution in [0.3, 0.4) is 0 Å². The number of esters is 1. The van der Waals surface area contributed by atoms with Gasteiger partial charge in [0.15, 0.2) is 11.6 Å². The fraction of sp³-hybridized carbons (Fsp3) is 0.250. The van der Waals surface area contributed by atoms with Crippen LogP contribution in [0.15, 0.2) is 59.7 Å². The lowest BCUT2D eigenvalue weighted by molar-refractivity contribution is -0.384. The van der Waals surface area contributed by atoms with Gasteiger partial charge in [0, 0.05) is 45.2 Å². The Morgan fingerprint density at radius 3 is 2.03 bits per heavy atom. The highest BCUT2D eigenvalue weighted by Gasteiger charge is 2.45. The highest BCUT2D eigenvalue weighted by molar-refractivity contribution is 6.30. The second-order valence-corrected chi connectivity index (χ2v) is 8.96. The van der Waals surface area contributed by atoms with Gasteiger partial charge in [-0.1, -0.05) is 0 Å². The average Bonchev–Trinajstić information content (AvgIpc) is 2.93. The topological polar surface area (TPSA) is 131 Å². The second-order valence-electron chi connectivity index (χ2n) is 8.96. The number of carbonyl (C=O) groups excluding carboxylic acids is 3. The molecular weight excluding hydrogens is 494 g/mol. The van der Waals surface area contributed by atoms with Crippen LogP contribution >= 0.6 is 0 Å². The van der Waals surface area contributed by atoms with Gasteiger partial charge in [0.1, 0.15) is 24.0 Å². The van der Waals surface area contributed by atoms with Gasteiger partial charge >= 0.3 is 5.97 Å². The van der Waals surface area contributed by atoms with E-state index in [-0.39, 0.29) is 41.2 Å². The molecule has 1 heterocycles. The molecule has 0 radical (unpaired) electrons. The Morgan fingerprint density at radius 2 is 1.50 bits per heavy atom. The van der Waals surface area contributed by atoms with Crippen LogP contribution in [0.2, 0.25) is 0 Å². The van der Waals surface area contributed by atoms with Crippen molar-refractivity contribution in [2.24, 2.45) is 5.92 Å². The molecule has 194 valence electrons. The third-order valence-electron chi connectivity index (χ3n) is 6.86. The van der Waals surface area contributed by atoms with Crippen LogP contribution in [0, 0.1) is 16.0 Å². The number of carbonyl (C=O) groups is 3. The van der Waals surface area contributed by atoms with Crippen LogP contribution in [-0.4, -0.2) is 49.4 Å². The van der Waals surface area contributed by atoms with Gasteiger partial charge in [-0.2, -0.15) is 0 Å². The molecule has 0 aromatic heterocycles. The fourth-order valence-electron chi connectivity index (χ4n) is 4.92. The van der Waals surface area contributed by atoms with E-state index in [4.69, 9.17) is 18.9 Å². The monoisotopic (exact) mass is 517 g/mol. The first kappa shape index (κ1) is 25.1. The number of hydrogen-bond donors (Lipinski definition) is 0. The maximum absolute atomic E-state index is 13.8. The number of fused-ring (bicyclic) bond motifs is 2. The van der Waals surface area contributed by atoms with E-state index in [0.717, 1.165) is 0 Å². The van der Waals surface area contributed by atoms with Gasteiger partial charge in [0.05, 0.1) is 31.9 Å². The zero-order valence-corrected chi connectivity index (χ0v) is 20.8. The summed E-state index contributed by atoms with van der Waals surface area (Å²) in [7, 11) is 3.02. The molecule has 0 N–H and O–H groups in total. The summed E-state index contributed by atoms with van der Waals surface area (Å²) in [5.41, 5.74) is 1.00. The lowest BCUT2D eigenvalue weighted by Gasteiger charge is -2.33.